The lowest BCUT2D eigenvalue weighted by molar-refractivity contribution is -0.385. The van der Waals surface area contributed by atoms with Crippen molar-refractivity contribution in [3.05, 3.63) is 33.9 Å². The number of ether oxygens (including phenoxy) is 1. The average molecular weight is 263 g/mol. The quantitative estimate of drug-likeness (QED) is 0.493. The largest absolute Gasteiger partial charge is 0.464 e. The highest BCUT2D eigenvalue weighted by Gasteiger charge is 2.17. The summed E-state index contributed by atoms with van der Waals surface area (Å²) < 4.78 is 4.82. The fourth-order valence-corrected chi connectivity index (χ4v) is 1.45. The van der Waals surface area contributed by atoms with Crippen molar-refractivity contribution in [2.75, 3.05) is 11.9 Å². The summed E-state index contributed by atoms with van der Waals surface area (Å²) in [7, 11) is 0. The highest BCUT2D eigenvalue weighted by Crippen LogP contribution is 2.22. The standard InChI is InChI=1S/C12H13N3O4/c1-3-19-12(16)8(2)14-10-4-5-11(15(17)18)9(6-10)7-13/h4-6,8,14H,3H2,1-2H3. The lowest BCUT2D eigenvalue weighted by Gasteiger charge is -2.13. The number of carbonyl (C=O) groups excluding carboxylic acids is 1. The van der Waals surface area contributed by atoms with Crippen LogP contribution >= 0.6 is 0 Å². The van der Waals surface area contributed by atoms with Gasteiger partial charge in [0, 0.05) is 11.8 Å². The molecule has 0 radical (unpaired) electrons. The van der Waals surface area contributed by atoms with E-state index in [2.05, 4.69) is 5.32 Å². The fourth-order valence-electron chi connectivity index (χ4n) is 1.45. The molecular formula is C12H13N3O4. The van der Waals surface area contributed by atoms with Gasteiger partial charge in [0.15, 0.2) is 0 Å². The van der Waals surface area contributed by atoms with Crippen molar-refractivity contribution in [1.29, 1.82) is 5.26 Å². The molecule has 19 heavy (non-hydrogen) atoms. The van der Waals surface area contributed by atoms with Crippen molar-refractivity contribution in [2.45, 2.75) is 19.9 Å². The predicted molar refractivity (Wildman–Crippen MR) is 67.5 cm³/mol. The summed E-state index contributed by atoms with van der Waals surface area (Å²) in [6.07, 6.45) is 0. The Balaban J connectivity index is 2.89. The summed E-state index contributed by atoms with van der Waals surface area (Å²) in [5.74, 6) is -0.431. The van der Waals surface area contributed by atoms with Crippen LogP contribution in [0.3, 0.4) is 0 Å². The third-order valence-electron chi connectivity index (χ3n) is 2.34. The molecule has 1 rings (SSSR count). The van der Waals surface area contributed by atoms with Crippen molar-refractivity contribution < 1.29 is 14.5 Å². The van der Waals surface area contributed by atoms with Gasteiger partial charge in [-0.05, 0) is 26.0 Å². The SMILES string of the molecule is CCOC(=O)C(C)Nc1ccc([N+](=O)[O-])c(C#N)c1. The number of nitrogens with zero attached hydrogens (tertiary/aromatic N) is 2. The normalized spacial score (nSPS) is 11.2. The molecule has 0 aliphatic carbocycles. The molecule has 7 nitrogen and oxygen atoms in total. The monoisotopic (exact) mass is 263 g/mol. The highest BCUT2D eigenvalue weighted by molar-refractivity contribution is 5.79. The lowest BCUT2D eigenvalue weighted by atomic mass is 10.1. The van der Waals surface area contributed by atoms with E-state index in [9.17, 15) is 14.9 Å². The maximum atomic E-state index is 11.4. The van der Waals surface area contributed by atoms with Gasteiger partial charge in [-0.25, -0.2) is 4.79 Å². The number of hydrogen-bond donors (Lipinski definition) is 1. The number of rotatable bonds is 5. The Morgan fingerprint density at radius 3 is 2.84 bits per heavy atom. The van der Waals surface area contributed by atoms with E-state index in [-0.39, 0.29) is 17.9 Å². The van der Waals surface area contributed by atoms with Gasteiger partial charge in [-0.2, -0.15) is 5.26 Å². The second-order valence-corrected chi connectivity index (χ2v) is 3.72. The van der Waals surface area contributed by atoms with Crippen LogP contribution in [0.1, 0.15) is 19.4 Å². The average Bonchev–Trinajstić information content (AvgIpc) is 2.38. The van der Waals surface area contributed by atoms with Crippen LogP contribution in [0.4, 0.5) is 11.4 Å². The Morgan fingerprint density at radius 2 is 2.32 bits per heavy atom. The summed E-state index contributed by atoms with van der Waals surface area (Å²) in [4.78, 5) is 21.5. The van der Waals surface area contributed by atoms with Crippen molar-refractivity contribution >= 4 is 17.3 Å². The molecule has 1 N–H and O–H groups in total. The smallest absolute Gasteiger partial charge is 0.328 e. The van der Waals surface area contributed by atoms with Crippen LogP contribution in [0, 0.1) is 21.4 Å². The molecule has 1 unspecified atom stereocenters. The zero-order valence-corrected chi connectivity index (χ0v) is 10.5. The number of hydrogen-bond acceptors (Lipinski definition) is 6. The molecule has 1 aromatic rings. The van der Waals surface area contributed by atoms with Gasteiger partial charge in [0.05, 0.1) is 11.5 Å². The molecule has 0 saturated heterocycles. The summed E-state index contributed by atoms with van der Waals surface area (Å²) in [5.41, 5.74) is 0.116. The van der Waals surface area contributed by atoms with E-state index in [0.29, 0.717) is 5.69 Å². The van der Waals surface area contributed by atoms with E-state index in [1.54, 1.807) is 19.9 Å². The maximum Gasteiger partial charge on any atom is 0.328 e. The van der Waals surface area contributed by atoms with E-state index in [1.165, 1.54) is 18.2 Å². The van der Waals surface area contributed by atoms with Crippen molar-refractivity contribution in [3.8, 4) is 6.07 Å². The van der Waals surface area contributed by atoms with Gasteiger partial charge in [-0.3, -0.25) is 10.1 Å². The first-order valence-electron chi connectivity index (χ1n) is 5.61. The van der Waals surface area contributed by atoms with Crippen LogP contribution in [-0.2, 0) is 9.53 Å². The summed E-state index contributed by atoms with van der Waals surface area (Å²) in [6.45, 7) is 3.57. The van der Waals surface area contributed by atoms with Gasteiger partial charge in [0.25, 0.3) is 5.69 Å². The predicted octanol–water partition coefficient (Wildman–Crippen LogP) is 1.83. The van der Waals surface area contributed by atoms with E-state index >= 15 is 0 Å². The van der Waals surface area contributed by atoms with Crippen LogP contribution in [0.2, 0.25) is 0 Å². The van der Waals surface area contributed by atoms with Gasteiger partial charge >= 0.3 is 5.97 Å². The second kappa shape index (κ2) is 6.35. The molecule has 0 aliphatic heterocycles. The number of nitro benzene ring substituents is 1. The maximum absolute atomic E-state index is 11.4. The van der Waals surface area contributed by atoms with Gasteiger partial charge < -0.3 is 10.1 Å². The summed E-state index contributed by atoms with van der Waals surface area (Å²) in [5, 5.41) is 22.3. The van der Waals surface area contributed by atoms with Crippen molar-refractivity contribution in [1.82, 2.24) is 0 Å². The third kappa shape index (κ3) is 3.67. The molecule has 100 valence electrons. The van der Waals surface area contributed by atoms with E-state index in [0.717, 1.165) is 0 Å². The molecule has 0 bridgehead atoms. The molecular weight excluding hydrogens is 250 g/mol. The van der Waals surface area contributed by atoms with Crippen LogP contribution in [-0.4, -0.2) is 23.5 Å². The van der Waals surface area contributed by atoms with Crippen LogP contribution in [0.25, 0.3) is 0 Å². The van der Waals surface area contributed by atoms with Crippen molar-refractivity contribution in [2.24, 2.45) is 0 Å². The Labute approximate surface area is 109 Å². The minimum absolute atomic E-state index is 0.0638. The molecule has 0 fully saturated rings. The van der Waals surface area contributed by atoms with Crippen LogP contribution in [0.15, 0.2) is 18.2 Å². The minimum Gasteiger partial charge on any atom is -0.464 e. The molecule has 0 amide bonds. The van der Waals surface area contributed by atoms with E-state index in [1.807, 2.05) is 0 Å². The number of nitrogens with one attached hydrogen (secondary N) is 1. The topological polar surface area (TPSA) is 105 Å². The molecule has 1 atom stereocenters. The zero-order chi connectivity index (χ0) is 14.4. The number of carbonyl (C=O) groups is 1. The molecule has 0 heterocycles. The van der Waals surface area contributed by atoms with E-state index < -0.39 is 16.9 Å². The Hall–Kier alpha value is -2.62. The first-order chi connectivity index (χ1) is 8.99. The summed E-state index contributed by atoms with van der Waals surface area (Å²) >= 11 is 0. The molecule has 0 aliphatic rings. The Morgan fingerprint density at radius 1 is 1.63 bits per heavy atom. The number of nitro groups is 1. The molecule has 1 aromatic carbocycles. The summed E-state index contributed by atoms with van der Waals surface area (Å²) in [6, 6.07) is 5.13. The molecule has 0 saturated carbocycles. The number of anilines is 1. The number of nitriles is 1. The minimum atomic E-state index is -0.628. The first-order valence-corrected chi connectivity index (χ1v) is 5.61. The van der Waals surface area contributed by atoms with Gasteiger partial charge in [-0.15, -0.1) is 0 Å². The third-order valence-corrected chi connectivity index (χ3v) is 2.34. The van der Waals surface area contributed by atoms with Crippen LogP contribution in [0.5, 0.6) is 0 Å². The lowest BCUT2D eigenvalue weighted by Crippen LogP contribution is -2.28. The fraction of sp³-hybridized carbons (Fsp3) is 0.333. The van der Waals surface area contributed by atoms with Crippen molar-refractivity contribution in [3.63, 3.8) is 0 Å². The Bertz CT molecular complexity index is 536. The van der Waals surface area contributed by atoms with Crippen LogP contribution < -0.4 is 5.32 Å². The van der Waals surface area contributed by atoms with Gasteiger partial charge in [0.1, 0.15) is 17.7 Å². The second-order valence-electron chi connectivity index (χ2n) is 3.72. The first kappa shape index (κ1) is 14.4. The van der Waals surface area contributed by atoms with E-state index in [4.69, 9.17) is 10.00 Å². The van der Waals surface area contributed by atoms with Gasteiger partial charge in [0.2, 0.25) is 0 Å². The molecule has 7 heteroatoms. The zero-order valence-electron chi connectivity index (χ0n) is 10.5. The molecule has 0 aromatic heterocycles. The number of esters is 1. The highest BCUT2D eigenvalue weighted by atomic mass is 16.6. The Kier molecular flexibility index (Phi) is 4.83. The molecule has 0 spiro atoms. The number of benzene rings is 1. The van der Waals surface area contributed by atoms with Gasteiger partial charge in [-0.1, -0.05) is 0 Å².